The predicted octanol–water partition coefficient (Wildman–Crippen LogP) is 4.16. The first-order valence-corrected chi connectivity index (χ1v) is 10.5. The summed E-state index contributed by atoms with van der Waals surface area (Å²) in [5.74, 6) is -2.40. The quantitative estimate of drug-likeness (QED) is 0.487. The largest absolute Gasteiger partial charge is 0.478 e. The first-order chi connectivity index (χ1) is 14.7. The van der Waals surface area contributed by atoms with Gasteiger partial charge in [0.25, 0.3) is 0 Å². The highest BCUT2D eigenvalue weighted by Crippen LogP contribution is 2.48. The van der Waals surface area contributed by atoms with Gasteiger partial charge in [-0.15, -0.1) is 0 Å². The standard InChI is InChI=1S/C19H22N2OS.C4H4O4/c1-14(22)15-9-10-19-17(13-15)21(12-6-11-20(2)3)16-7-4-5-8-18(16)23-19;5-3(6)1-2-4(7)8/h4-5,7-10,13H,6,11-12H2,1-3H3;1-2H,(H,5,6)(H,7,8)/b;2-1-. The molecule has 2 N–H and O–H groups in total. The Morgan fingerprint density at radius 1 is 0.968 bits per heavy atom. The van der Waals surface area contributed by atoms with Crippen LogP contribution in [0.15, 0.2) is 64.4 Å². The van der Waals surface area contributed by atoms with E-state index in [0.29, 0.717) is 12.2 Å². The van der Waals surface area contributed by atoms with Gasteiger partial charge in [-0.2, -0.15) is 0 Å². The maximum Gasteiger partial charge on any atom is 0.328 e. The average molecular weight is 443 g/mol. The summed E-state index contributed by atoms with van der Waals surface area (Å²) in [6.45, 7) is 3.62. The number of aliphatic carboxylic acids is 2. The van der Waals surface area contributed by atoms with Crippen LogP contribution >= 0.6 is 11.8 Å². The smallest absolute Gasteiger partial charge is 0.328 e. The second-order valence-corrected chi connectivity index (χ2v) is 8.21. The zero-order valence-electron chi connectivity index (χ0n) is 17.7. The van der Waals surface area contributed by atoms with Crippen molar-refractivity contribution in [3.8, 4) is 0 Å². The highest BCUT2D eigenvalue weighted by atomic mass is 32.2. The van der Waals surface area contributed by atoms with E-state index >= 15 is 0 Å². The van der Waals surface area contributed by atoms with Crippen LogP contribution in [0.2, 0.25) is 0 Å². The summed E-state index contributed by atoms with van der Waals surface area (Å²) in [4.78, 5) is 37.9. The second-order valence-electron chi connectivity index (χ2n) is 7.13. The molecule has 0 radical (unpaired) electrons. The molecule has 0 atom stereocenters. The van der Waals surface area contributed by atoms with Crippen molar-refractivity contribution in [1.29, 1.82) is 0 Å². The van der Waals surface area contributed by atoms with Crippen LogP contribution in [-0.2, 0) is 9.59 Å². The summed E-state index contributed by atoms with van der Waals surface area (Å²) < 4.78 is 0. The van der Waals surface area contributed by atoms with Gasteiger partial charge in [0.1, 0.15) is 0 Å². The molecule has 0 aliphatic carbocycles. The van der Waals surface area contributed by atoms with Crippen molar-refractivity contribution in [2.24, 2.45) is 0 Å². The Labute approximate surface area is 186 Å². The molecule has 0 saturated carbocycles. The Morgan fingerprint density at radius 3 is 2.16 bits per heavy atom. The van der Waals surface area contributed by atoms with Crippen LogP contribution in [0.25, 0.3) is 0 Å². The van der Waals surface area contributed by atoms with Gasteiger partial charge in [-0.1, -0.05) is 30.0 Å². The van der Waals surface area contributed by atoms with E-state index in [0.717, 1.165) is 30.8 Å². The molecular weight excluding hydrogens is 416 g/mol. The highest BCUT2D eigenvalue weighted by Gasteiger charge is 2.23. The maximum absolute atomic E-state index is 11.8. The average Bonchev–Trinajstić information content (AvgIpc) is 2.71. The van der Waals surface area contributed by atoms with Crippen molar-refractivity contribution in [2.45, 2.75) is 23.1 Å². The molecule has 1 aliphatic rings. The van der Waals surface area contributed by atoms with Crippen LogP contribution in [0.1, 0.15) is 23.7 Å². The molecule has 164 valence electrons. The number of carboxylic acid groups (broad SMARTS) is 2. The summed E-state index contributed by atoms with van der Waals surface area (Å²) in [5.41, 5.74) is 3.17. The molecule has 0 amide bonds. The van der Waals surface area contributed by atoms with Gasteiger partial charge in [-0.05, 0) is 58.3 Å². The van der Waals surface area contributed by atoms with Crippen LogP contribution in [0.5, 0.6) is 0 Å². The number of Topliss-reactive ketones (excluding diaryl/α,β-unsaturated/α-hetero) is 1. The van der Waals surface area contributed by atoms with Gasteiger partial charge in [0.2, 0.25) is 0 Å². The van der Waals surface area contributed by atoms with E-state index in [9.17, 15) is 14.4 Å². The van der Waals surface area contributed by atoms with Crippen molar-refractivity contribution in [3.05, 3.63) is 60.2 Å². The van der Waals surface area contributed by atoms with E-state index in [4.69, 9.17) is 10.2 Å². The Kier molecular flexibility index (Phi) is 8.84. The Balaban J connectivity index is 0.000000366. The van der Waals surface area contributed by atoms with Gasteiger partial charge in [-0.3, -0.25) is 4.79 Å². The normalized spacial score (nSPS) is 12.1. The number of nitrogens with zero attached hydrogens (tertiary/aromatic N) is 2. The summed E-state index contributed by atoms with van der Waals surface area (Å²) in [7, 11) is 4.20. The van der Waals surface area contributed by atoms with Crippen molar-refractivity contribution in [1.82, 2.24) is 4.90 Å². The molecule has 2 aromatic carbocycles. The van der Waals surface area contributed by atoms with Crippen LogP contribution in [-0.4, -0.2) is 60.0 Å². The number of para-hydroxylation sites is 1. The first-order valence-electron chi connectivity index (χ1n) is 9.67. The fraction of sp³-hybridized carbons (Fsp3) is 0.261. The predicted molar refractivity (Wildman–Crippen MR) is 122 cm³/mol. The number of hydrogen-bond acceptors (Lipinski definition) is 6. The molecule has 31 heavy (non-hydrogen) atoms. The molecular formula is C23H26N2O5S. The van der Waals surface area contributed by atoms with E-state index in [1.165, 1.54) is 15.5 Å². The number of rotatable bonds is 7. The molecule has 8 heteroatoms. The summed E-state index contributed by atoms with van der Waals surface area (Å²) in [6.07, 6.45) is 2.19. The fourth-order valence-electron chi connectivity index (χ4n) is 2.98. The number of carboxylic acids is 2. The molecule has 0 fully saturated rings. The number of carbonyl (C=O) groups excluding carboxylic acids is 1. The summed E-state index contributed by atoms with van der Waals surface area (Å²) >= 11 is 1.78. The highest BCUT2D eigenvalue weighted by molar-refractivity contribution is 7.99. The maximum atomic E-state index is 11.8. The number of benzene rings is 2. The Hall–Kier alpha value is -3.10. The number of ketones is 1. The molecule has 2 aromatic rings. The molecule has 0 spiro atoms. The first kappa shape index (κ1) is 24.2. The van der Waals surface area contributed by atoms with Crippen molar-refractivity contribution >= 4 is 40.9 Å². The van der Waals surface area contributed by atoms with Crippen LogP contribution in [0, 0.1) is 0 Å². The van der Waals surface area contributed by atoms with E-state index < -0.39 is 11.9 Å². The Morgan fingerprint density at radius 2 is 1.58 bits per heavy atom. The molecule has 0 saturated heterocycles. The van der Waals surface area contributed by atoms with Crippen molar-refractivity contribution in [2.75, 3.05) is 32.1 Å². The van der Waals surface area contributed by atoms with E-state index in [2.05, 4.69) is 54.2 Å². The van der Waals surface area contributed by atoms with Crippen LogP contribution in [0.3, 0.4) is 0 Å². The summed E-state index contributed by atoms with van der Waals surface area (Å²) in [6, 6.07) is 14.5. The lowest BCUT2D eigenvalue weighted by molar-refractivity contribution is -0.134. The second kappa shape index (κ2) is 11.3. The van der Waals surface area contributed by atoms with E-state index in [1.54, 1.807) is 18.7 Å². The van der Waals surface area contributed by atoms with Crippen molar-refractivity contribution in [3.63, 3.8) is 0 Å². The zero-order valence-corrected chi connectivity index (χ0v) is 18.6. The zero-order chi connectivity index (χ0) is 23.0. The van der Waals surface area contributed by atoms with Gasteiger partial charge < -0.3 is 20.0 Å². The molecule has 1 aliphatic heterocycles. The fourth-order valence-corrected chi connectivity index (χ4v) is 4.05. The lowest BCUT2D eigenvalue weighted by Crippen LogP contribution is -2.25. The van der Waals surface area contributed by atoms with E-state index in [-0.39, 0.29) is 5.78 Å². The summed E-state index contributed by atoms with van der Waals surface area (Å²) in [5, 5.41) is 15.6. The minimum atomic E-state index is -1.26. The van der Waals surface area contributed by atoms with Gasteiger partial charge >= 0.3 is 11.9 Å². The number of anilines is 2. The third-order valence-electron chi connectivity index (χ3n) is 4.39. The van der Waals surface area contributed by atoms with Crippen LogP contribution < -0.4 is 4.90 Å². The minimum absolute atomic E-state index is 0.116. The molecule has 0 aromatic heterocycles. The topological polar surface area (TPSA) is 98.2 Å². The molecule has 1 heterocycles. The Bertz CT molecular complexity index is 972. The van der Waals surface area contributed by atoms with E-state index in [1.807, 2.05) is 12.1 Å². The molecule has 0 unspecified atom stereocenters. The SMILES string of the molecule is CC(=O)c1ccc2c(c1)N(CCCN(C)C)c1ccccc1S2.O=C(O)/C=C\C(=O)O. The van der Waals surface area contributed by atoms with Gasteiger partial charge in [0.05, 0.1) is 11.4 Å². The van der Waals surface area contributed by atoms with Gasteiger partial charge in [-0.25, -0.2) is 9.59 Å². The minimum Gasteiger partial charge on any atom is -0.478 e. The number of fused-ring (bicyclic) bond motifs is 2. The third kappa shape index (κ3) is 7.27. The van der Waals surface area contributed by atoms with Gasteiger partial charge in [0, 0.05) is 34.1 Å². The lowest BCUT2D eigenvalue weighted by Gasteiger charge is -2.33. The number of hydrogen-bond donors (Lipinski definition) is 2. The van der Waals surface area contributed by atoms with Gasteiger partial charge in [0.15, 0.2) is 5.78 Å². The monoisotopic (exact) mass is 442 g/mol. The third-order valence-corrected chi connectivity index (χ3v) is 5.52. The van der Waals surface area contributed by atoms with Crippen molar-refractivity contribution < 1.29 is 24.6 Å². The molecule has 0 bridgehead atoms. The molecule has 7 nitrogen and oxygen atoms in total. The molecule has 3 rings (SSSR count). The lowest BCUT2D eigenvalue weighted by atomic mass is 10.1. The number of carbonyl (C=O) groups is 3. The van der Waals surface area contributed by atoms with Crippen LogP contribution in [0.4, 0.5) is 11.4 Å².